The molecule has 1 aliphatic rings. The van der Waals surface area contributed by atoms with Crippen molar-refractivity contribution in [2.24, 2.45) is 0 Å². The summed E-state index contributed by atoms with van der Waals surface area (Å²) < 4.78 is 10.5. The summed E-state index contributed by atoms with van der Waals surface area (Å²) >= 11 is 0. The second-order valence-corrected chi connectivity index (χ2v) is 4.99. The third-order valence-electron chi connectivity index (χ3n) is 3.63. The number of rotatable bonds is 5. The van der Waals surface area contributed by atoms with Crippen LogP contribution >= 0.6 is 0 Å². The summed E-state index contributed by atoms with van der Waals surface area (Å²) in [6, 6.07) is 8.56. The van der Waals surface area contributed by atoms with E-state index in [2.05, 4.69) is 36.2 Å². The molecule has 0 radical (unpaired) electrons. The van der Waals surface area contributed by atoms with Crippen LogP contribution in [0.25, 0.3) is 0 Å². The van der Waals surface area contributed by atoms with Crippen LogP contribution in [0.15, 0.2) is 24.3 Å². The van der Waals surface area contributed by atoms with E-state index in [0.717, 1.165) is 5.75 Å². The Balaban J connectivity index is 1.87. The maximum absolute atomic E-state index is 5.57. The van der Waals surface area contributed by atoms with E-state index in [1.54, 1.807) is 7.11 Å². The SMILES string of the molecule is COCCOc1ccc(C2CCN(C)CC2)cc1. The van der Waals surface area contributed by atoms with E-state index in [9.17, 15) is 0 Å². The van der Waals surface area contributed by atoms with Crippen molar-refractivity contribution in [2.45, 2.75) is 18.8 Å². The number of piperidine rings is 1. The van der Waals surface area contributed by atoms with Crippen molar-refractivity contribution in [2.75, 3.05) is 40.5 Å². The number of ether oxygens (including phenoxy) is 2. The predicted octanol–water partition coefficient (Wildman–Crippen LogP) is 2.52. The number of likely N-dealkylation sites (tertiary alicyclic amines) is 1. The molecule has 0 N–H and O–H groups in total. The van der Waals surface area contributed by atoms with Crippen molar-refractivity contribution in [3.05, 3.63) is 29.8 Å². The molecule has 1 aromatic carbocycles. The van der Waals surface area contributed by atoms with Gasteiger partial charge in [-0.15, -0.1) is 0 Å². The van der Waals surface area contributed by atoms with Gasteiger partial charge in [0.25, 0.3) is 0 Å². The molecule has 1 aliphatic heterocycles. The van der Waals surface area contributed by atoms with Gasteiger partial charge in [0.15, 0.2) is 0 Å². The smallest absolute Gasteiger partial charge is 0.119 e. The van der Waals surface area contributed by atoms with Crippen LogP contribution in [0.1, 0.15) is 24.3 Å². The monoisotopic (exact) mass is 249 g/mol. The molecule has 100 valence electrons. The second kappa shape index (κ2) is 6.76. The highest BCUT2D eigenvalue weighted by molar-refractivity contribution is 5.29. The molecule has 0 aromatic heterocycles. The molecule has 0 atom stereocenters. The van der Waals surface area contributed by atoms with Gasteiger partial charge in [-0.2, -0.15) is 0 Å². The molecule has 1 saturated heterocycles. The van der Waals surface area contributed by atoms with Gasteiger partial charge < -0.3 is 14.4 Å². The molecule has 0 spiro atoms. The molecular weight excluding hydrogens is 226 g/mol. The Morgan fingerprint density at radius 1 is 1.11 bits per heavy atom. The molecule has 3 heteroatoms. The number of hydrogen-bond acceptors (Lipinski definition) is 3. The molecular formula is C15H23NO2. The summed E-state index contributed by atoms with van der Waals surface area (Å²) in [5.41, 5.74) is 1.45. The first-order valence-corrected chi connectivity index (χ1v) is 6.70. The molecule has 2 rings (SSSR count). The average Bonchev–Trinajstić information content (AvgIpc) is 2.41. The van der Waals surface area contributed by atoms with Gasteiger partial charge in [0.05, 0.1) is 6.61 Å². The fraction of sp³-hybridized carbons (Fsp3) is 0.600. The molecule has 0 saturated carbocycles. The maximum atomic E-state index is 5.57. The Hall–Kier alpha value is -1.06. The first kappa shape index (κ1) is 13.4. The highest BCUT2D eigenvalue weighted by atomic mass is 16.5. The van der Waals surface area contributed by atoms with Crippen LogP contribution in [0.3, 0.4) is 0 Å². The van der Waals surface area contributed by atoms with E-state index in [1.807, 2.05) is 0 Å². The lowest BCUT2D eigenvalue weighted by Gasteiger charge is -2.29. The third kappa shape index (κ3) is 3.72. The van der Waals surface area contributed by atoms with E-state index in [0.29, 0.717) is 19.1 Å². The molecule has 0 aliphatic carbocycles. The van der Waals surface area contributed by atoms with Gasteiger partial charge in [-0.1, -0.05) is 12.1 Å². The Kier molecular flexibility index (Phi) is 5.02. The van der Waals surface area contributed by atoms with Crippen LogP contribution in [0.4, 0.5) is 0 Å². The van der Waals surface area contributed by atoms with E-state index >= 15 is 0 Å². The Labute approximate surface area is 110 Å². The fourth-order valence-corrected chi connectivity index (χ4v) is 2.42. The Bertz CT molecular complexity index is 342. The minimum Gasteiger partial charge on any atom is -0.491 e. The predicted molar refractivity (Wildman–Crippen MR) is 73.3 cm³/mol. The maximum Gasteiger partial charge on any atom is 0.119 e. The van der Waals surface area contributed by atoms with Crippen molar-refractivity contribution < 1.29 is 9.47 Å². The highest BCUT2D eigenvalue weighted by Crippen LogP contribution is 2.28. The summed E-state index contributed by atoms with van der Waals surface area (Å²) in [6.45, 7) is 3.66. The van der Waals surface area contributed by atoms with Crippen molar-refractivity contribution >= 4 is 0 Å². The summed E-state index contributed by atoms with van der Waals surface area (Å²) in [5.74, 6) is 1.65. The molecule has 0 bridgehead atoms. The topological polar surface area (TPSA) is 21.7 Å². The fourth-order valence-electron chi connectivity index (χ4n) is 2.42. The van der Waals surface area contributed by atoms with E-state index in [-0.39, 0.29) is 0 Å². The van der Waals surface area contributed by atoms with Crippen LogP contribution in [0.2, 0.25) is 0 Å². The summed E-state index contributed by atoms with van der Waals surface area (Å²) in [7, 11) is 3.88. The lowest BCUT2D eigenvalue weighted by molar-refractivity contribution is 0.146. The van der Waals surface area contributed by atoms with E-state index in [1.165, 1.54) is 31.5 Å². The molecule has 1 aromatic rings. The van der Waals surface area contributed by atoms with Gasteiger partial charge in [0, 0.05) is 7.11 Å². The first-order valence-electron chi connectivity index (χ1n) is 6.70. The summed E-state index contributed by atoms with van der Waals surface area (Å²) in [4.78, 5) is 2.40. The van der Waals surface area contributed by atoms with Gasteiger partial charge in [0.2, 0.25) is 0 Å². The number of methoxy groups -OCH3 is 1. The second-order valence-electron chi connectivity index (χ2n) is 4.99. The van der Waals surface area contributed by atoms with Crippen LogP contribution in [-0.2, 0) is 4.74 Å². The van der Waals surface area contributed by atoms with Crippen LogP contribution in [-0.4, -0.2) is 45.4 Å². The van der Waals surface area contributed by atoms with Crippen LogP contribution < -0.4 is 4.74 Å². The molecule has 1 fully saturated rings. The van der Waals surface area contributed by atoms with Crippen molar-refractivity contribution in [3.63, 3.8) is 0 Å². The minimum absolute atomic E-state index is 0.615. The zero-order chi connectivity index (χ0) is 12.8. The zero-order valence-electron chi connectivity index (χ0n) is 11.4. The van der Waals surface area contributed by atoms with E-state index < -0.39 is 0 Å². The van der Waals surface area contributed by atoms with E-state index in [4.69, 9.17) is 9.47 Å². The van der Waals surface area contributed by atoms with Gasteiger partial charge in [-0.3, -0.25) is 0 Å². The lowest BCUT2D eigenvalue weighted by atomic mass is 9.90. The molecule has 0 unspecified atom stereocenters. The Morgan fingerprint density at radius 2 is 1.78 bits per heavy atom. The molecule has 18 heavy (non-hydrogen) atoms. The van der Waals surface area contributed by atoms with Crippen LogP contribution in [0, 0.1) is 0 Å². The first-order chi connectivity index (χ1) is 8.79. The normalized spacial score (nSPS) is 17.9. The molecule has 1 heterocycles. The average molecular weight is 249 g/mol. The largest absolute Gasteiger partial charge is 0.491 e. The summed E-state index contributed by atoms with van der Waals surface area (Å²) in [5, 5.41) is 0. The molecule has 0 amide bonds. The molecule has 3 nitrogen and oxygen atoms in total. The lowest BCUT2D eigenvalue weighted by Crippen LogP contribution is -2.29. The van der Waals surface area contributed by atoms with Crippen molar-refractivity contribution in [1.82, 2.24) is 4.90 Å². The van der Waals surface area contributed by atoms with Gasteiger partial charge in [-0.05, 0) is 56.6 Å². The van der Waals surface area contributed by atoms with Crippen LogP contribution in [0.5, 0.6) is 5.75 Å². The zero-order valence-corrected chi connectivity index (χ0v) is 11.4. The number of hydrogen-bond donors (Lipinski definition) is 0. The van der Waals surface area contributed by atoms with Gasteiger partial charge in [-0.25, -0.2) is 0 Å². The van der Waals surface area contributed by atoms with Crippen molar-refractivity contribution in [1.29, 1.82) is 0 Å². The Morgan fingerprint density at radius 3 is 2.39 bits per heavy atom. The van der Waals surface area contributed by atoms with Gasteiger partial charge in [0.1, 0.15) is 12.4 Å². The van der Waals surface area contributed by atoms with Gasteiger partial charge >= 0.3 is 0 Å². The summed E-state index contributed by atoms with van der Waals surface area (Å²) in [6.07, 6.45) is 2.53. The quantitative estimate of drug-likeness (QED) is 0.748. The standard InChI is InChI=1S/C15H23NO2/c1-16-9-7-14(8-10-16)13-3-5-15(6-4-13)18-12-11-17-2/h3-6,14H,7-12H2,1-2H3. The number of nitrogens with zero attached hydrogens (tertiary/aromatic N) is 1. The van der Waals surface area contributed by atoms with Crippen molar-refractivity contribution in [3.8, 4) is 5.75 Å². The third-order valence-corrected chi connectivity index (χ3v) is 3.63. The minimum atomic E-state index is 0.615. The highest BCUT2D eigenvalue weighted by Gasteiger charge is 2.17. The number of benzene rings is 1.